The zero-order valence-corrected chi connectivity index (χ0v) is 28.1. The Morgan fingerprint density at radius 2 is 1.54 bits per heavy atom. The van der Waals surface area contributed by atoms with Crippen LogP contribution in [0.25, 0.3) is 0 Å². The number of anilines is 4. The molecule has 1 aliphatic rings. The first-order valence-corrected chi connectivity index (χ1v) is 16.4. The van der Waals surface area contributed by atoms with Crippen LogP contribution < -0.4 is 47.5 Å². The quantitative estimate of drug-likeness (QED) is 0.0374. The number of nitrogens with two attached hydrogens (primary N) is 2. The van der Waals surface area contributed by atoms with E-state index >= 15 is 0 Å². The van der Waals surface area contributed by atoms with E-state index in [9.17, 15) is 35.9 Å². The summed E-state index contributed by atoms with van der Waals surface area (Å²) in [5.41, 5.74) is 8.32. The number of ether oxygens (including phenoxy) is 2. The minimum atomic E-state index is -4.84. The van der Waals surface area contributed by atoms with Gasteiger partial charge in [0.05, 0.1) is 22.5 Å². The number of amides is 3. The van der Waals surface area contributed by atoms with Crippen molar-refractivity contribution in [3.05, 3.63) is 65.7 Å². The van der Waals surface area contributed by atoms with Crippen LogP contribution in [0.1, 0.15) is 50.2 Å². The van der Waals surface area contributed by atoms with Crippen LogP contribution in [0.15, 0.2) is 59.6 Å². The van der Waals surface area contributed by atoms with Crippen molar-refractivity contribution in [2.24, 2.45) is 16.5 Å². The highest BCUT2D eigenvalue weighted by Gasteiger charge is 2.34. The number of carbonyl (C=O) groups is 2. The van der Waals surface area contributed by atoms with Crippen LogP contribution >= 0.6 is 0 Å². The van der Waals surface area contributed by atoms with Crippen molar-refractivity contribution in [2.75, 3.05) is 47.4 Å². The molecule has 0 spiro atoms. The average molecular weight is 739 g/mol. The maximum absolute atomic E-state index is 14.0. The SMILES string of the molecule is CCCNc1cc(Oc2ccc(NC(=O)Nc3cc(C(F)(F)F)cc(NC(=O)CCCCN=C(N)N)c3O[C@@H]3CCNC3)cc2)cc(C(F)(F)F)c1. The third-order valence-corrected chi connectivity index (χ3v) is 7.51. The van der Waals surface area contributed by atoms with Gasteiger partial charge in [-0.2, -0.15) is 26.3 Å². The van der Waals surface area contributed by atoms with Crippen LogP contribution in [0.5, 0.6) is 17.2 Å². The lowest BCUT2D eigenvalue weighted by molar-refractivity contribution is -0.138. The first-order valence-electron chi connectivity index (χ1n) is 16.4. The summed E-state index contributed by atoms with van der Waals surface area (Å²) in [6.07, 6.45) is -7.95. The highest BCUT2D eigenvalue weighted by molar-refractivity contribution is 6.02. The Bertz CT molecular complexity index is 1710. The van der Waals surface area contributed by atoms with Crippen molar-refractivity contribution < 1.29 is 45.4 Å². The molecule has 3 aromatic carbocycles. The second-order valence-electron chi connectivity index (χ2n) is 11.8. The zero-order valence-electron chi connectivity index (χ0n) is 28.1. The van der Waals surface area contributed by atoms with Crippen molar-refractivity contribution in [3.8, 4) is 17.2 Å². The summed E-state index contributed by atoms with van der Waals surface area (Å²) in [4.78, 5) is 29.7. The number of halogens is 6. The number of rotatable bonds is 15. The summed E-state index contributed by atoms with van der Waals surface area (Å²) in [5.74, 6) is -0.773. The summed E-state index contributed by atoms with van der Waals surface area (Å²) in [7, 11) is 0. The molecule has 52 heavy (non-hydrogen) atoms. The van der Waals surface area contributed by atoms with E-state index in [0.29, 0.717) is 51.4 Å². The second-order valence-corrected chi connectivity index (χ2v) is 11.8. The van der Waals surface area contributed by atoms with E-state index in [1.165, 1.54) is 30.3 Å². The Morgan fingerprint density at radius 1 is 0.865 bits per heavy atom. The molecule has 0 aliphatic carbocycles. The number of nitrogens with zero attached hydrogens (tertiary/aromatic N) is 1. The number of guanidine groups is 1. The van der Waals surface area contributed by atoms with Gasteiger partial charge < -0.3 is 47.5 Å². The molecule has 0 saturated carbocycles. The lowest BCUT2D eigenvalue weighted by Gasteiger charge is -2.22. The lowest BCUT2D eigenvalue weighted by atomic mass is 10.1. The Morgan fingerprint density at radius 3 is 2.15 bits per heavy atom. The van der Waals surface area contributed by atoms with E-state index < -0.39 is 41.5 Å². The third-order valence-electron chi connectivity index (χ3n) is 7.51. The van der Waals surface area contributed by atoms with Gasteiger partial charge >= 0.3 is 18.4 Å². The monoisotopic (exact) mass is 738 g/mol. The molecule has 12 nitrogen and oxygen atoms in total. The number of carbonyl (C=O) groups excluding carboxylic acids is 2. The van der Waals surface area contributed by atoms with Crippen molar-refractivity contribution >= 4 is 40.6 Å². The van der Waals surface area contributed by atoms with E-state index in [-0.39, 0.29) is 58.9 Å². The molecule has 0 aromatic heterocycles. The molecule has 9 N–H and O–H groups in total. The standard InChI is InChI=1S/C34H40F6N8O4/c1-2-11-44-23-14-20(33(35,36)37)15-26(18-23)51-24-8-6-22(7-9-24)46-32(50)48-28-17-21(34(38,39)40)16-27(30(28)52-25-10-13-43-19-25)47-29(49)5-3-4-12-45-31(41)42/h6-9,14-18,25,43-44H,2-5,10-13,19H2,1H3,(H,47,49)(H4,41,42,45)(H2,46,48,50)/t25-/m1/s1. The van der Waals surface area contributed by atoms with Crippen LogP contribution in [0.2, 0.25) is 0 Å². The predicted octanol–water partition coefficient (Wildman–Crippen LogP) is 7.11. The third kappa shape index (κ3) is 12.1. The Kier molecular flexibility index (Phi) is 13.4. The molecule has 18 heteroatoms. The summed E-state index contributed by atoms with van der Waals surface area (Å²) in [6, 6.07) is 9.35. The van der Waals surface area contributed by atoms with Crippen LogP contribution in [0, 0.1) is 0 Å². The molecule has 0 unspecified atom stereocenters. The number of benzene rings is 3. The number of alkyl halides is 6. The van der Waals surface area contributed by atoms with Crippen molar-refractivity contribution in [1.82, 2.24) is 5.32 Å². The number of urea groups is 1. The molecule has 3 amide bonds. The first kappa shape index (κ1) is 39.4. The van der Waals surface area contributed by atoms with Crippen LogP contribution in [0.3, 0.4) is 0 Å². The molecule has 4 rings (SSSR count). The number of nitrogens with one attached hydrogen (secondary N) is 5. The molecule has 282 valence electrons. The van der Waals surface area contributed by atoms with Gasteiger partial charge in [0.1, 0.15) is 17.6 Å². The van der Waals surface area contributed by atoms with Crippen LogP contribution in [0.4, 0.5) is 53.9 Å². The molecular formula is C34H40F6N8O4. The average Bonchev–Trinajstić information content (AvgIpc) is 3.58. The molecule has 1 saturated heterocycles. The highest BCUT2D eigenvalue weighted by atomic mass is 19.4. The van der Waals surface area contributed by atoms with Gasteiger partial charge in [-0.3, -0.25) is 9.79 Å². The topological polar surface area (TPSA) is 177 Å². The smallest absolute Gasteiger partial charge is 0.416 e. The fourth-order valence-electron chi connectivity index (χ4n) is 5.04. The van der Waals surface area contributed by atoms with E-state index in [2.05, 4.69) is 31.6 Å². The number of hydrogen-bond donors (Lipinski definition) is 7. The predicted molar refractivity (Wildman–Crippen MR) is 186 cm³/mol. The van der Waals surface area contributed by atoms with E-state index in [1.54, 1.807) is 0 Å². The fraction of sp³-hybridized carbons (Fsp3) is 0.382. The summed E-state index contributed by atoms with van der Waals surface area (Å²) in [5, 5.41) is 13.4. The minimum Gasteiger partial charge on any atom is -0.485 e. The van der Waals surface area contributed by atoms with Crippen LogP contribution in [-0.4, -0.2) is 50.2 Å². The maximum Gasteiger partial charge on any atom is 0.416 e. The Balaban J connectivity index is 1.52. The normalized spacial score (nSPS) is 14.3. The highest BCUT2D eigenvalue weighted by Crippen LogP contribution is 2.42. The summed E-state index contributed by atoms with van der Waals surface area (Å²) >= 11 is 0. The van der Waals surface area contributed by atoms with Gasteiger partial charge in [0.15, 0.2) is 11.7 Å². The fourth-order valence-corrected chi connectivity index (χ4v) is 5.04. The van der Waals surface area contributed by atoms with Crippen LogP contribution in [-0.2, 0) is 17.1 Å². The lowest BCUT2D eigenvalue weighted by Crippen LogP contribution is -2.25. The molecule has 1 heterocycles. The van der Waals surface area contributed by atoms with Gasteiger partial charge in [-0.15, -0.1) is 0 Å². The van der Waals surface area contributed by atoms with E-state index in [1.807, 2.05) is 6.92 Å². The molecule has 1 fully saturated rings. The largest absolute Gasteiger partial charge is 0.485 e. The van der Waals surface area contributed by atoms with Gasteiger partial charge in [-0.1, -0.05) is 6.92 Å². The van der Waals surface area contributed by atoms with Gasteiger partial charge in [0.2, 0.25) is 5.91 Å². The molecule has 1 aliphatic heterocycles. The number of unbranched alkanes of at least 4 members (excludes halogenated alkanes) is 1. The van der Waals surface area contributed by atoms with Gasteiger partial charge in [-0.05, 0) is 80.8 Å². The van der Waals surface area contributed by atoms with Crippen molar-refractivity contribution in [2.45, 2.75) is 57.5 Å². The van der Waals surface area contributed by atoms with E-state index in [0.717, 1.165) is 18.2 Å². The number of aliphatic imine (C=N–C) groups is 1. The maximum atomic E-state index is 14.0. The Labute approximate surface area is 295 Å². The minimum absolute atomic E-state index is 0.0473. The zero-order chi connectivity index (χ0) is 37.9. The second kappa shape index (κ2) is 17.7. The molecule has 0 radical (unpaired) electrons. The summed E-state index contributed by atoms with van der Waals surface area (Å²) in [6.45, 7) is 3.57. The Hall–Kier alpha value is -5.39. The van der Waals surface area contributed by atoms with E-state index in [4.69, 9.17) is 20.9 Å². The van der Waals surface area contributed by atoms with Gasteiger partial charge in [0.25, 0.3) is 0 Å². The molecule has 3 aromatic rings. The summed E-state index contributed by atoms with van der Waals surface area (Å²) < 4.78 is 94.2. The van der Waals surface area contributed by atoms with Gasteiger partial charge in [-0.25, -0.2) is 4.79 Å². The molecule has 0 bridgehead atoms. The van der Waals surface area contributed by atoms with Crippen molar-refractivity contribution in [3.63, 3.8) is 0 Å². The van der Waals surface area contributed by atoms with Crippen molar-refractivity contribution in [1.29, 1.82) is 0 Å². The number of hydrogen-bond acceptors (Lipinski definition) is 7. The first-order chi connectivity index (χ1) is 24.6. The molecular weight excluding hydrogens is 698 g/mol. The van der Waals surface area contributed by atoms with Gasteiger partial charge in [0, 0.05) is 43.5 Å². The molecule has 1 atom stereocenters.